The van der Waals surface area contributed by atoms with E-state index in [-0.39, 0.29) is 6.04 Å². The Balaban J connectivity index is 2.06. The van der Waals surface area contributed by atoms with Gasteiger partial charge in [0.05, 0.1) is 6.20 Å². The van der Waals surface area contributed by atoms with Crippen molar-refractivity contribution in [2.24, 2.45) is 12.8 Å². The molecule has 18 heavy (non-hydrogen) atoms. The van der Waals surface area contributed by atoms with Gasteiger partial charge in [-0.1, -0.05) is 23.7 Å². The summed E-state index contributed by atoms with van der Waals surface area (Å²) in [5, 5.41) is 0.595. The molecule has 0 unspecified atom stereocenters. The molecule has 2 N–H and O–H groups in total. The first-order valence-corrected chi connectivity index (χ1v) is 6.10. The third-order valence-corrected chi connectivity index (χ3v) is 3.13. The Morgan fingerprint density at radius 1 is 1.50 bits per heavy atom. The number of hydrogen-bond donors (Lipinski definition) is 1. The van der Waals surface area contributed by atoms with Crippen LogP contribution in [-0.2, 0) is 13.7 Å². The Labute approximate surface area is 111 Å². The molecule has 4 nitrogen and oxygen atoms in total. The molecule has 0 fully saturated rings. The number of nitrogens with zero attached hydrogens (tertiary/aromatic N) is 2. The number of rotatable bonds is 4. The van der Waals surface area contributed by atoms with Crippen molar-refractivity contribution in [2.75, 3.05) is 0 Å². The molecule has 0 aliphatic rings. The van der Waals surface area contributed by atoms with Gasteiger partial charge in [-0.05, 0) is 24.6 Å². The molecule has 0 spiro atoms. The summed E-state index contributed by atoms with van der Waals surface area (Å²) in [6.07, 6.45) is 1.61. The summed E-state index contributed by atoms with van der Waals surface area (Å²) in [7, 11) is 1.85. The van der Waals surface area contributed by atoms with E-state index in [2.05, 4.69) is 4.98 Å². The summed E-state index contributed by atoms with van der Waals surface area (Å²) in [4.78, 5) is 4.17. The van der Waals surface area contributed by atoms with Gasteiger partial charge < -0.3 is 15.0 Å². The summed E-state index contributed by atoms with van der Waals surface area (Å²) in [5.41, 5.74) is 6.87. The molecule has 0 saturated heterocycles. The van der Waals surface area contributed by atoms with Crippen LogP contribution in [-0.4, -0.2) is 9.55 Å². The fourth-order valence-electron chi connectivity index (χ4n) is 1.59. The van der Waals surface area contributed by atoms with Gasteiger partial charge in [-0.15, -0.1) is 0 Å². The van der Waals surface area contributed by atoms with Crippen molar-refractivity contribution in [2.45, 2.75) is 19.6 Å². The van der Waals surface area contributed by atoms with Crippen molar-refractivity contribution in [1.82, 2.24) is 9.55 Å². The maximum Gasteiger partial charge on any atom is 0.147 e. The average molecular weight is 266 g/mol. The molecule has 1 aromatic heterocycles. The zero-order valence-electron chi connectivity index (χ0n) is 10.4. The van der Waals surface area contributed by atoms with Crippen LogP contribution in [0.1, 0.15) is 24.4 Å². The van der Waals surface area contributed by atoms with Crippen LogP contribution in [0.2, 0.25) is 5.15 Å². The monoisotopic (exact) mass is 265 g/mol. The lowest BCUT2D eigenvalue weighted by molar-refractivity contribution is 0.291. The van der Waals surface area contributed by atoms with Crippen molar-refractivity contribution in [1.29, 1.82) is 0 Å². The smallest absolute Gasteiger partial charge is 0.147 e. The number of imidazole rings is 1. The van der Waals surface area contributed by atoms with Gasteiger partial charge >= 0.3 is 0 Å². The summed E-state index contributed by atoms with van der Waals surface area (Å²) in [5.74, 6) is 1.56. The van der Waals surface area contributed by atoms with Crippen LogP contribution in [0.25, 0.3) is 0 Å². The highest BCUT2D eigenvalue weighted by molar-refractivity contribution is 6.29. The Hall–Kier alpha value is -1.52. The van der Waals surface area contributed by atoms with Crippen molar-refractivity contribution < 1.29 is 4.74 Å². The Morgan fingerprint density at radius 2 is 2.28 bits per heavy atom. The number of halogens is 1. The first-order valence-electron chi connectivity index (χ1n) is 5.72. The number of benzene rings is 1. The molecule has 5 heteroatoms. The van der Waals surface area contributed by atoms with Crippen molar-refractivity contribution in [3.63, 3.8) is 0 Å². The fourth-order valence-corrected chi connectivity index (χ4v) is 1.74. The van der Waals surface area contributed by atoms with E-state index >= 15 is 0 Å². The maximum absolute atomic E-state index is 5.91. The molecule has 96 valence electrons. The Morgan fingerprint density at radius 3 is 2.89 bits per heavy atom. The third kappa shape index (κ3) is 2.83. The average Bonchev–Trinajstić information content (AvgIpc) is 2.68. The van der Waals surface area contributed by atoms with Crippen molar-refractivity contribution in [3.05, 3.63) is 47.0 Å². The van der Waals surface area contributed by atoms with Crippen LogP contribution in [0.5, 0.6) is 5.75 Å². The molecule has 0 saturated carbocycles. The number of ether oxygens (including phenoxy) is 1. The van der Waals surface area contributed by atoms with E-state index < -0.39 is 0 Å². The highest BCUT2D eigenvalue weighted by atomic mass is 35.5. The molecule has 1 heterocycles. The Bertz CT molecular complexity index is 537. The maximum atomic E-state index is 5.91. The summed E-state index contributed by atoms with van der Waals surface area (Å²) in [6.45, 7) is 2.32. The zero-order valence-corrected chi connectivity index (χ0v) is 11.2. The minimum Gasteiger partial charge on any atom is -0.486 e. The van der Waals surface area contributed by atoms with Crippen LogP contribution >= 0.6 is 11.6 Å². The minimum atomic E-state index is -0.00356. The molecular formula is C13H16ClN3O. The van der Waals surface area contributed by atoms with E-state index in [4.69, 9.17) is 22.1 Å². The molecule has 0 bridgehead atoms. The number of aromatic nitrogens is 2. The Kier molecular flexibility index (Phi) is 3.89. The topological polar surface area (TPSA) is 53.1 Å². The molecule has 1 atom stereocenters. The van der Waals surface area contributed by atoms with E-state index in [0.29, 0.717) is 11.8 Å². The molecule has 2 rings (SSSR count). The van der Waals surface area contributed by atoms with E-state index in [1.807, 2.05) is 38.2 Å². The SMILES string of the molecule is C[C@H](N)c1cccc(OCc2ncc(Cl)n2C)c1. The van der Waals surface area contributed by atoms with E-state index in [1.54, 1.807) is 10.8 Å². The summed E-state index contributed by atoms with van der Waals surface area (Å²) >= 11 is 5.91. The third-order valence-electron chi connectivity index (χ3n) is 2.78. The van der Waals surface area contributed by atoms with Crippen molar-refractivity contribution in [3.8, 4) is 5.75 Å². The lowest BCUT2D eigenvalue weighted by Crippen LogP contribution is -2.06. The van der Waals surface area contributed by atoms with Gasteiger partial charge in [0.1, 0.15) is 23.3 Å². The van der Waals surface area contributed by atoms with Crippen LogP contribution in [0.15, 0.2) is 30.5 Å². The van der Waals surface area contributed by atoms with Gasteiger partial charge in [0, 0.05) is 13.1 Å². The molecule has 0 aliphatic carbocycles. The second-order valence-corrected chi connectivity index (χ2v) is 4.59. The zero-order chi connectivity index (χ0) is 13.1. The fraction of sp³-hybridized carbons (Fsp3) is 0.308. The molecule has 1 aromatic carbocycles. The first-order chi connectivity index (χ1) is 8.58. The first kappa shape index (κ1) is 12.9. The standard InChI is InChI=1S/C13H16ClN3O/c1-9(15)10-4-3-5-11(6-10)18-8-13-16-7-12(14)17(13)2/h3-7,9H,8,15H2,1-2H3/t9-/m0/s1. The molecule has 0 aliphatic heterocycles. The van der Waals surface area contributed by atoms with Crippen molar-refractivity contribution >= 4 is 11.6 Å². The van der Waals surface area contributed by atoms with Gasteiger partial charge in [0.25, 0.3) is 0 Å². The lowest BCUT2D eigenvalue weighted by Gasteiger charge is -2.10. The predicted octanol–water partition coefficient (Wildman–Crippen LogP) is 2.67. The van der Waals surface area contributed by atoms with Gasteiger partial charge in [0.15, 0.2) is 0 Å². The highest BCUT2D eigenvalue weighted by Gasteiger charge is 2.06. The number of nitrogens with two attached hydrogens (primary N) is 1. The largest absolute Gasteiger partial charge is 0.486 e. The van der Waals surface area contributed by atoms with Crippen LogP contribution in [0, 0.1) is 0 Å². The second kappa shape index (κ2) is 5.42. The lowest BCUT2D eigenvalue weighted by atomic mass is 10.1. The predicted molar refractivity (Wildman–Crippen MR) is 71.6 cm³/mol. The van der Waals surface area contributed by atoms with Gasteiger partial charge in [-0.25, -0.2) is 4.98 Å². The van der Waals surface area contributed by atoms with E-state index in [0.717, 1.165) is 17.1 Å². The minimum absolute atomic E-state index is 0.00356. The summed E-state index contributed by atoms with van der Waals surface area (Å²) in [6, 6.07) is 7.75. The molecular weight excluding hydrogens is 250 g/mol. The normalized spacial score (nSPS) is 12.4. The van der Waals surface area contributed by atoms with E-state index in [1.165, 1.54) is 0 Å². The molecule has 2 aromatic rings. The summed E-state index contributed by atoms with van der Waals surface area (Å²) < 4.78 is 7.47. The van der Waals surface area contributed by atoms with Gasteiger partial charge in [-0.3, -0.25) is 0 Å². The van der Waals surface area contributed by atoms with Gasteiger partial charge in [0.2, 0.25) is 0 Å². The highest BCUT2D eigenvalue weighted by Crippen LogP contribution is 2.19. The second-order valence-electron chi connectivity index (χ2n) is 4.21. The van der Waals surface area contributed by atoms with Crippen LogP contribution in [0.4, 0.5) is 0 Å². The van der Waals surface area contributed by atoms with Crippen LogP contribution in [0.3, 0.4) is 0 Å². The van der Waals surface area contributed by atoms with Crippen LogP contribution < -0.4 is 10.5 Å². The molecule has 0 radical (unpaired) electrons. The molecule has 0 amide bonds. The van der Waals surface area contributed by atoms with E-state index in [9.17, 15) is 0 Å². The van der Waals surface area contributed by atoms with Gasteiger partial charge in [-0.2, -0.15) is 0 Å². The number of hydrogen-bond acceptors (Lipinski definition) is 3. The quantitative estimate of drug-likeness (QED) is 0.925.